The summed E-state index contributed by atoms with van der Waals surface area (Å²) in [5, 5.41) is 10.1. The summed E-state index contributed by atoms with van der Waals surface area (Å²) >= 11 is 0. The molecule has 0 spiro atoms. The number of aryl methyl sites for hydroxylation is 2. The molecule has 0 bridgehead atoms. The van der Waals surface area contributed by atoms with E-state index in [0.717, 1.165) is 5.76 Å². The van der Waals surface area contributed by atoms with Crippen molar-refractivity contribution in [3.63, 3.8) is 0 Å². The molecular weight excluding hydrogens is 146 g/mol. The van der Waals surface area contributed by atoms with E-state index in [4.69, 9.17) is 4.42 Å². The largest absolute Gasteiger partial charge is 0.466 e. The molecule has 0 aliphatic heterocycles. The maximum atomic E-state index is 10.1. The van der Waals surface area contributed by atoms with Crippen molar-refractivity contribution in [3.05, 3.63) is 33.3 Å². The minimum atomic E-state index is -0.364. The third-order valence-electron chi connectivity index (χ3n) is 1.44. The molecule has 11 heavy (non-hydrogen) atoms. The summed E-state index contributed by atoms with van der Waals surface area (Å²) in [5.41, 5.74) is 0.660. The van der Waals surface area contributed by atoms with E-state index >= 15 is 0 Å². The first-order valence-corrected chi connectivity index (χ1v) is 3.27. The van der Waals surface area contributed by atoms with E-state index < -0.39 is 0 Å². The van der Waals surface area contributed by atoms with Gasteiger partial charge in [0.15, 0.2) is 0 Å². The molecule has 1 heterocycles. The molecule has 0 amide bonds. The third-order valence-corrected chi connectivity index (χ3v) is 1.44. The first kappa shape index (κ1) is 7.78. The van der Waals surface area contributed by atoms with Crippen molar-refractivity contribution in [1.82, 2.24) is 0 Å². The fraction of sp³-hybridized carbons (Fsp3) is 0.429. The van der Waals surface area contributed by atoms with Gasteiger partial charge in [0.25, 0.3) is 0 Å². The Labute approximate surface area is 64.0 Å². The minimum Gasteiger partial charge on any atom is -0.466 e. The van der Waals surface area contributed by atoms with Crippen molar-refractivity contribution in [2.45, 2.75) is 20.4 Å². The number of hydrogen-bond acceptors (Lipinski definition) is 3. The highest BCUT2D eigenvalue weighted by molar-refractivity contribution is 5.18. The Bertz CT molecular complexity index is 277. The Kier molecular flexibility index (Phi) is 1.94. The molecule has 1 aromatic rings. The number of rotatable bonds is 2. The summed E-state index contributed by atoms with van der Waals surface area (Å²) in [6.45, 7) is 3.35. The van der Waals surface area contributed by atoms with Crippen LogP contribution in [0.5, 0.6) is 0 Å². The van der Waals surface area contributed by atoms with E-state index in [-0.39, 0.29) is 11.5 Å². The number of nitrogens with zero attached hydrogens (tertiary/aromatic N) is 1. The lowest BCUT2D eigenvalue weighted by atomic mass is 10.2. The van der Waals surface area contributed by atoms with Gasteiger partial charge in [-0.15, -0.1) is 0 Å². The molecular formula is C7H9NO3. The fourth-order valence-electron chi connectivity index (χ4n) is 0.980. The second-order valence-electron chi connectivity index (χ2n) is 2.43. The summed E-state index contributed by atoms with van der Waals surface area (Å²) < 4.78 is 5.11. The van der Waals surface area contributed by atoms with E-state index in [1.165, 1.54) is 0 Å². The molecule has 0 N–H and O–H groups in total. The molecule has 0 unspecified atom stereocenters. The maximum Gasteiger partial charge on any atom is 0.232 e. The van der Waals surface area contributed by atoms with Crippen LogP contribution in [0.4, 0.5) is 0 Å². The van der Waals surface area contributed by atoms with Crippen LogP contribution in [0.1, 0.15) is 17.1 Å². The SMILES string of the molecule is Cc1cc(C[N+](=O)[O-])c(C)o1. The lowest BCUT2D eigenvalue weighted by Gasteiger charge is -1.88. The molecule has 0 saturated carbocycles. The molecule has 1 aromatic heterocycles. The fourth-order valence-corrected chi connectivity index (χ4v) is 0.980. The molecule has 0 saturated heterocycles. The van der Waals surface area contributed by atoms with Gasteiger partial charge in [-0.3, -0.25) is 10.1 Å². The van der Waals surface area contributed by atoms with Gasteiger partial charge in [0.05, 0.1) is 5.56 Å². The topological polar surface area (TPSA) is 56.3 Å². The third kappa shape index (κ3) is 1.80. The minimum absolute atomic E-state index is 0.150. The molecule has 0 radical (unpaired) electrons. The van der Waals surface area contributed by atoms with Crippen LogP contribution < -0.4 is 0 Å². The van der Waals surface area contributed by atoms with Gasteiger partial charge >= 0.3 is 0 Å². The molecule has 1 rings (SSSR count). The van der Waals surface area contributed by atoms with Gasteiger partial charge in [0.1, 0.15) is 11.5 Å². The number of hydrogen-bond donors (Lipinski definition) is 0. The van der Waals surface area contributed by atoms with E-state index in [0.29, 0.717) is 11.3 Å². The Balaban J connectivity index is 2.85. The van der Waals surface area contributed by atoms with Crippen LogP contribution in [0.15, 0.2) is 10.5 Å². The Hall–Kier alpha value is -1.32. The molecule has 0 aliphatic rings. The Morgan fingerprint density at radius 2 is 2.27 bits per heavy atom. The highest BCUT2D eigenvalue weighted by atomic mass is 16.6. The van der Waals surface area contributed by atoms with Crippen LogP contribution in [-0.4, -0.2) is 4.92 Å². The van der Waals surface area contributed by atoms with Gasteiger partial charge in [-0.25, -0.2) is 0 Å². The summed E-state index contributed by atoms with van der Waals surface area (Å²) in [4.78, 5) is 9.73. The van der Waals surface area contributed by atoms with Gasteiger partial charge in [-0.05, 0) is 19.9 Å². The average Bonchev–Trinajstić information content (AvgIpc) is 2.09. The molecule has 4 heteroatoms. The molecule has 4 nitrogen and oxygen atoms in total. The van der Waals surface area contributed by atoms with Crippen molar-refractivity contribution in [2.24, 2.45) is 0 Å². The second kappa shape index (κ2) is 2.74. The van der Waals surface area contributed by atoms with Crippen molar-refractivity contribution in [1.29, 1.82) is 0 Å². The lowest BCUT2D eigenvalue weighted by molar-refractivity contribution is -0.497. The van der Waals surface area contributed by atoms with Crippen LogP contribution in [0.25, 0.3) is 0 Å². The summed E-state index contributed by atoms with van der Waals surface area (Å²) in [6, 6.07) is 1.69. The Morgan fingerprint density at radius 1 is 1.64 bits per heavy atom. The molecule has 0 fully saturated rings. The number of nitro groups is 1. The summed E-state index contributed by atoms with van der Waals surface area (Å²) in [7, 11) is 0. The first-order chi connectivity index (χ1) is 5.09. The maximum absolute atomic E-state index is 10.1. The zero-order valence-electron chi connectivity index (χ0n) is 6.46. The lowest BCUT2D eigenvalue weighted by Crippen LogP contribution is -1.97. The molecule has 0 aliphatic carbocycles. The quantitative estimate of drug-likeness (QED) is 0.482. The monoisotopic (exact) mass is 155 g/mol. The van der Waals surface area contributed by atoms with Crippen molar-refractivity contribution < 1.29 is 9.34 Å². The van der Waals surface area contributed by atoms with Crippen LogP contribution in [-0.2, 0) is 6.54 Å². The zero-order valence-corrected chi connectivity index (χ0v) is 6.46. The predicted molar refractivity (Wildman–Crippen MR) is 38.9 cm³/mol. The van der Waals surface area contributed by atoms with Crippen LogP contribution >= 0.6 is 0 Å². The molecule has 0 aromatic carbocycles. The predicted octanol–water partition coefficient (Wildman–Crippen LogP) is 1.67. The smallest absolute Gasteiger partial charge is 0.232 e. The highest BCUT2D eigenvalue weighted by Gasteiger charge is 2.09. The van der Waals surface area contributed by atoms with Crippen LogP contribution in [0.3, 0.4) is 0 Å². The highest BCUT2D eigenvalue weighted by Crippen LogP contribution is 2.13. The molecule has 0 atom stereocenters. The Morgan fingerprint density at radius 3 is 2.64 bits per heavy atom. The van der Waals surface area contributed by atoms with E-state index in [2.05, 4.69) is 0 Å². The standard InChI is InChI=1S/C7H9NO3/c1-5-3-7(4-8(9)10)6(2)11-5/h3H,4H2,1-2H3. The summed E-state index contributed by atoms with van der Waals surface area (Å²) in [5.74, 6) is 1.36. The van der Waals surface area contributed by atoms with Gasteiger partial charge < -0.3 is 4.42 Å². The van der Waals surface area contributed by atoms with E-state index in [1.54, 1.807) is 19.9 Å². The van der Waals surface area contributed by atoms with Crippen molar-refractivity contribution >= 4 is 0 Å². The normalized spacial score (nSPS) is 10.0. The second-order valence-corrected chi connectivity index (χ2v) is 2.43. The zero-order chi connectivity index (χ0) is 8.43. The van der Waals surface area contributed by atoms with Gasteiger partial charge in [0.2, 0.25) is 6.54 Å². The van der Waals surface area contributed by atoms with Crippen LogP contribution in [0, 0.1) is 24.0 Å². The first-order valence-electron chi connectivity index (χ1n) is 3.27. The molecule has 60 valence electrons. The van der Waals surface area contributed by atoms with Crippen LogP contribution in [0.2, 0.25) is 0 Å². The van der Waals surface area contributed by atoms with Gasteiger partial charge in [-0.2, -0.15) is 0 Å². The van der Waals surface area contributed by atoms with Gasteiger partial charge in [0, 0.05) is 4.92 Å². The van der Waals surface area contributed by atoms with E-state index in [1.807, 2.05) is 0 Å². The van der Waals surface area contributed by atoms with Crippen molar-refractivity contribution in [3.8, 4) is 0 Å². The van der Waals surface area contributed by atoms with Gasteiger partial charge in [-0.1, -0.05) is 0 Å². The van der Waals surface area contributed by atoms with E-state index in [9.17, 15) is 10.1 Å². The summed E-state index contributed by atoms with van der Waals surface area (Å²) in [6.07, 6.45) is 0. The average molecular weight is 155 g/mol. The number of furan rings is 1. The van der Waals surface area contributed by atoms with Crippen molar-refractivity contribution in [2.75, 3.05) is 0 Å².